The van der Waals surface area contributed by atoms with Crippen molar-refractivity contribution in [3.8, 4) is 11.8 Å². The first kappa shape index (κ1) is 20.2. The van der Waals surface area contributed by atoms with E-state index in [1.54, 1.807) is 6.08 Å². The van der Waals surface area contributed by atoms with Gasteiger partial charge in [-0.2, -0.15) is 0 Å². The van der Waals surface area contributed by atoms with Crippen molar-refractivity contribution in [2.75, 3.05) is 0 Å². The second kappa shape index (κ2) is 11.6. The van der Waals surface area contributed by atoms with Crippen LogP contribution in [-0.4, -0.2) is 16.9 Å². The zero-order valence-electron chi connectivity index (χ0n) is 14.4. The van der Waals surface area contributed by atoms with E-state index in [1.165, 1.54) is 18.9 Å². The van der Waals surface area contributed by atoms with Crippen molar-refractivity contribution in [1.29, 1.82) is 0 Å². The number of ketones is 1. The molecule has 0 amide bonds. The SMILES string of the molecule is CCCCCCC#CC1C=C(F)C(=O)C1=CCCCCCC(=O)O. The highest BCUT2D eigenvalue weighted by atomic mass is 19.1. The van der Waals surface area contributed by atoms with Crippen LogP contribution >= 0.6 is 0 Å². The van der Waals surface area contributed by atoms with Gasteiger partial charge in [-0.05, 0) is 31.8 Å². The largest absolute Gasteiger partial charge is 0.481 e. The number of carboxylic acid groups (broad SMARTS) is 1. The van der Waals surface area contributed by atoms with Gasteiger partial charge < -0.3 is 5.11 Å². The number of Topliss-reactive ketones (excluding diaryl/α,β-unsaturated/α-hetero) is 1. The number of carboxylic acids is 1. The average molecular weight is 334 g/mol. The van der Waals surface area contributed by atoms with Crippen LogP contribution in [0.15, 0.2) is 23.6 Å². The lowest BCUT2D eigenvalue weighted by Crippen LogP contribution is -2.02. The average Bonchev–Trinajstić information content (AvgIpc) is 2.81. The monoisotopic (exact) mass is 334 g/mol. The van der Waals surface area contributed by atoms with Gasteiger partial charge in [-0.25, -0.2) is 4.39 Å². The summed E-state index contributed by atoms with van der Waals surface area (Å²) in [6, 6.07) is 0. The highest BCUT2D eigenvalue weighted by molar-refractivity contribution is 6.10. The van der Waals surface area contributed by atoms with E-state index in [4.69, 9.17) is 5.11 Å². The van der Waals surface area contributed by atoms with Crippen molar-refractivity contribution >= 4 is 11.8 Å². The molecule has 0 fully saturated rings. The molecular formula is C20H27FO3. The number of carbonyl (C=O) groups is 2. The molecule has 132 valence electrons. The third-order valence-corrected chi connectivity index (χ3v) is 4.00. The second-order valence-electron chi connectivity index (χ2n) is 6.11. The number of aliphatic carboxylic acids is 1. The highest BCUT2D eigenvalue weighted by Gasteiger charge is 2.28. The molecule has 0 aromatic carbocycles. The van der Waals surface area contributed by atoms with Crippen LogP contribution in [0.5, 0.6) is 0 Å². The molecule has 0 aliphatic heterocycles. The minimum atomic E-state index is -0.792. The smallest absolute Gasteiger partial charge is 0.303 e. The molecule has 0 bridgehead atoms. The van der Waals surface area contributed by atoms with E-state index in [0.29, 0.717) is 18.4 Å². The first-order valence-corrected chi connectivity index (χ1v) is 8.88. The number of hydrogen-bond donors (Lipinski definition) is 1. The van der Waals surface area contributed by atoms with E-state index in [0.717, 1.165) is 32.1 Å². The summed E-state index contributed by atoms with van der Waals surface area (Å²) < 4.78 is 13.5. The van der Waals surface area contributed by atoms with Gasteiger partial charge in [0.2, 0.25) is 5.78 Å². The van der Waals surface area contributed by atoms with E-state index in [1.807, 2.05) is 0 Å². The van der Waals surface area contributed by atoms with E-state index < -0.39 is 23.5 Å². The minimum Gasteiger partial charge on any atom is -0.481 e. The molecule has 3 nitrogen and oxygen atoms in total. The lowest BCUT2D eigenvalue weighted by atomic mass is 9.99. The molecule has 1 N–H and O–H groups in total. The predicted molar refractivity (Wildman–Crippen MR) is 93.0 cm³/mol. The minimum absolute atomic E-state index is 0.165. The van der Waals surface area contributed by atoms with Gasteiger partial charge in [0.15, 0.2) is 5.83 Å². The van der Waals surface area contributed by atoms with Crippen LogP contribution in [0.4, 0.5) is 4.39 Å². The molecule has 1 atom stereocenters. The molecular weight excluding hydrogens is 307 g/mol. The summed E-state index contributed by atoms with van der Waals surface area (Å²) in [6.07, 6.45) is 11.4. The lowest BCUT2D eigenvalue weighted by Gasteiger charge is -2.02. The quantitative estimate of drug-likeness (QED) is 0.348. The van der Waals surface area contributed by atoms with Gasteiger partial charge in [-0.3, -0.25) is 9.59 Å². The summed E-state index contributed by atoms with van der Waals surface area (Å²) in [7, 11) is 0. The Bertz CT molecular complexity index is 549. The van der Waals surface area contributed by atoms with Crippen LogP contribution in [0.1, 0.15) is 71.1 Å². The zero-order valence-corrected chi connectivity index (χ0v) is 14.4. The molecule has 1 unspecified atom stereocenters. The molecule has 0 aromatic heterocycles. The maximum absolute atomic E-state index is 13.5. The molecule has 24 heavy (non-hydrogen) atoms. The second-order valence-corrected chi connectivity index (χ2v) is 6.11. The van der Waals surface area contributed by atoms with Gasteiger partial charge in [0, 0.05) is 18.4 Å². The fourth-order valence-electron chi connectivity index (χ4n) is 2.61. The van der Waals surface area contributed by atoms with Crippen molar-refractivity contribution < 1.29 is 19.1 Å². The standard InChI is InChI=1S/C20H27FO3/c1-2-3-4-5-6-9-12-16-15-18(21)20(24)17(16)13-10-7-8-11-14-19(22)23/h13,15-16H,2-8,10-11,14H2,1H3,(H,22,23). The first-order valence-electron chi connectivity index (χ1n) is 8.88. The summed E-state index contributed by atoms with van der Waals surface area (Å²) >= 11 is 0. The van der Waals surface area contributed by atoms with Gasteiger partial charge in [0.1, 0.15) is 0 Å². The third kappa shape index (κ3) is 7.59. The van der Waals surface area contributed by atoms with Crippen molar-refractivity contribution in [1.82, 2.24) is 0 Å². The van der Waals surface area contributed by atoms with Gasteiger partial charge in [-0.15, -0.1) is 5.92 Å². The van der Waals surface area contributed by atoms with Crippen molar-refractivity contribution in [2.45, 2.75) is 71.1 Å². The van der Waals surface area contributed by atoms with Crippen molar-refractivity contribution in [3.63, 3.8) is 0 Å². The first-order chi connectivity index (χ1) is 11.6. The Morgan fingerprint density at radius 3 is 2.71 bits per heavy atom. The summed E-state index contributed by atoms with van der Waals surface area (Å²) in [5.74, 6) is 3.58. The van der Waals surface area contributed by atoms with E-state index >= 15 is 0 Å². The molecule has 0 spiro atoms. The van der Waals surface area contributed by atoms with E-state index in [9.17, 15) is 14.0 Å². The molecule has 0 saturated carbocycles. The highest BCUT2D eigenvalue weighted by Crippen LogP contribution is 2.28. The number of allylic oxidation sites excluding steroid dienone is 4. The summed E-state index contributed by atoms with van der Waals surface area (Å²) in [5.41, 5.74) is 0.437. The number of carbonyl (C=O) groups excluding carboxylic acids is 1. The molecule has 0 saturated heterocycles. The lowest BCUT2D eigenvalue weighted by molar-refractivity contribution is -0.137. The molecule has 4 heteroatoms. The van der Waals surface area contributed by atoms with Crippen LogP contribution < -0.4 is 0 Å². The van der Waals surface area contributed by atoms with Crippen LogP contribution in [0.2, 0.25) is 0 Å². The van der Waals surface area contributed by atoms with Gasteiger partial charge in [0.05, 0.1) is 5.92 Å². The summed E-state index contributed by atoms with van der Waals surface area (Å²) in [5, 5.41) is 8.57. The van der Waals surface area contributed by atoms with Crippen LogP contribution in [0, 0.1) is 17.8 Å². The number of halogens is 1. The van der Waals surface area contributed by atoms with Gasteiger partial charge >= 0.3 is 5.97 Å². The van der Waals surface area contributed by atoms with Crippen LogP contribution in [0.25, 0.3) is 0 Å². The number of hydrogen-bond acceptors (Lipinski definition) is 2. The van der Waals surface area contributed by atoms with Crippen LogP contribution in [0.3, 0.4) is 0 Å². The van der Waals surface area contributed by atoms with Gasteiger partial charge in [-0.1, -0.05) is 44.6 Å². The third-order valence-electron chi connectivity index (χ3n) is 4.00. The fraction of sp³-hybridized carbons (Fsp3) is 0.600. The Kier molecular flexibility index (Phi) is 9.76. The van der Waals surface area contributed by atoms with Crippen molar-refractivity contribution in [2.24, 2.45) is 5.92 Å². The van der Waals surface area contributed by atoms with E-state index in [-0.39, 0.29) is 6.42 Å². The zero-order chi connectivity index (χ0) is 17.8. The van der Waals surface area contributed by atoms with E-state index in [2.05, 4.69) is 18.8 Å². The number of rotatable bonds is 10. The molecule has 0 aromatic rings. The van der Waals surface area contributed by atoms with Gasteiger partial charge in [0.25, 0.3) is 0 Å². The van der Waals surface area contributed by atoms with Crippen molar-refractivity contribution in [3.05, 3.63) is 23.6 Å². The molecule has 1 rings (SSSR count). The fourth-order valence-corrected chi connectivity index (χ4v) is 2.61. The molecule has 0 heterocycles. The summed E-state index contributed by atoms with van der Waals surface area (Å²) in [6.45, 7) is 2.15. The Morgan fingerprint density at radius 1 is 1.25 bits per heavy atom. The molecule has 0 radical (unpaired) electrons. The Hall–Kier alpha value is -1.89. The number of unbranched alkanes of at least 4 members (excludes halogenated alkanes) is 7. The Balaban J connectivity index is 2.45. The maximum Gasteiger partial charge on any atom is 0.303 e. The maximum atomic E-state index is 13.5. The molecule has 1 aliphatic rings. The topological polar surface area (TPSA) is 54.4 Å². The molecule has 1 aliphatic carbocycles. The predicted octanol–water partition coefficient (Wildman–Crippen LogP) is 4.97. The Morgan fingerprint density at radius 2 is 2.00 bits per heavy atom. The normalized spacial score (nSPS) is 18.4. The van der Waals surface area contributed by atoms with Crippen LogP contribution in [-0.2, 0) is 9.59 Å². The Labute approximate surface area is 144 Å². The summed E-state index contributed by atoms with van der Waals surface area (Å²) in [4.78, 5) is 22.3.